The number of rotatable bonds is 2. The van der Waals surface area contributed by atoms with E-state index in [0.717, 1.165) is 0 Å². The molecule has 0 amide bonds. The molecule has 1 aromatic rings. The van der Waals surface area contributed by atoms with Gasteiger partial charge < -0.3 is 4.90 Å². The van der Waals surface area contributed by atoms with Crippen LogP contribution in [0, 0.1) is 0 Å². The maximum Gasteiger partial charge on any atom is 0.0319 e. The van der Waals surface area contributed by atoms with Crippen LogP contribution in [0.3, 0.4) is 0 Å². The van der Waals surface area contributed by atoms with Crippen molar-refractivity contribution in [2.24, 2.45) is 0 Å². The summed E-state index contributed by atoms with van der Waals surface area (Å²) in [5.74, 6) is 0. The second-order valence-electron chi connectivity index (χ2n) is 3.27. The van der Waals surface area contributed by atoms with Crippen molar-refractivity contribution < 1.29 is 0 Å². The molecule has 1 aromatic carbocycles. The summed E-state index contributed by atoms with van der Waals surface area (Å²) < 4.78 is 0. The summed E-state index contributed by atoms with van der Waals surface area (Å²) in [7, 11) is 6.97. The molecular formula is C10H16NP. The quantitative estimate of drug-likeness (QED) is 0.629. The molecule has 0 radical (unpaired) electrons. The summed E-state index contributed by atoms with van der Waals surface area (Å²) in [5, 5.41) is 1.29. The molecule has 2 heteroatoms. The fraction of sp³-hybridized carbons (Fsp3) is 0.400. The van der Waals surface area contributed by atoms with Crippen LogP contribution >= 0.6 is 9.24 Å². The van der Waals surface area contributed by atoms with Crippen LogP contribution in [0.2, 0.25) is 0 Å². The Bertz CT molecular complexity index is 258. The van der Waals surface area contributed by atoms with E-state index < -0.39 is 0 Å². The summed E-state index contributed by atoms with van der Waals surface area (Å²) in [4.78, 5) is 2.21. The van der Waals surface area contributed by atoms with Gasteiger partial charge in [0, 0.05) is 6.04 Å². The van der Waals surface area contributed by atoms with Gasteiger partial charge >= 0.3 is 0 Å². The fourth-order valence-electron chi connectivity index (χ4n) is 1.17. The minimum atomic E-state index is 0.485. The van der Waals surface area contributed by atoms with Crippen LogP contribution in [0.15, 0.2) is 24.3 Å². The van der Waals surface area contributed by atoms with Gasteiger partial charge in [0.05, 0.1) is 0 Å². The Morgan fingerprint density at radius 2 is 1.83 bits per heavy atom. The molecule has 0 saturated carbocycles. The van der Waals surface area contributed by atoms with Gasteiger partial charge in [-0.3, -0.25) is 0 Å². The Morgan fingerprint density at radius 3 is 2.33 bits per heavy atom. The molecule has 0 aromatic heterocycles. The molecule has 0 fully saturated rings. The van der Waals surface area contributed by atoms with Crippen LogP contribution in [0.1, 0.15) is 18.5 Å². The highest BCUT2D eigenvalue weighted by molar-refractivity contribution is 7.27. The predicted molar refractivity (Wildman–Crippen MR) is 57.9 cm³/mol. The summed E-state index contributed by atoms with van der Waals surface area (Å²) in [6.07, 6.45) is 0. The van der Waals surface area contributed by atoms with E-state index >= 15 is 0 Å². The maximum absolute atomic E-state index is 2.77. The molecule has 0 bridgehead atoms. The Kier molecular flexibility index (Phi) is 3.25. The standard InChI is InChI=1S/C10H16NP/c1-8(11(2)3)9-6-4-5-7-10(9)12/h4-8H,12H2,1-3H3/t8-/m0/s1. The Balaban J connectivity index is 2.94. The van der Waals surface area contributed by atoms with Crippen molar-refractivity contribution in [3.8, 4) is 0 Å². The van der Waals surface area contributed by atoms with Gasteiger partial charge in [-0.1, -0.05) is 24.3 Å². The van der Waals surface area contributed by atoms with Crippen LogP contribution < -0.4 is 5.30 Å². The fourth-order valence-corrected chi connectivity index (χ4v) is 1.62. The van der Waals surface area contributed by atoms with E-state index in [2.05, 4.69) is 59.4 Å². The smallest absolute Gasteiger partial charge is 0.0319 e. The van der Waals surface area contributed by atoms with Gasteiger partial charge in [-0.15, -0.1) is 9.24 Å². The third-order valence-electron chi connectivity index (χ3n) is 2.22. The second-order valence-corrected chi connectivity index (χ2v) is 3.89. The first-order chi connectivity index (χ1) is 5.63. The normalized spacial score (nSPS) is 13.4. The molecule has 1 nitrogen and oxygen atoms in total. The summed E-state index contributed by atoms with van der Waals surface area (Å²) in [5.41, 5.74) is 1.38. The molecule has 12 heavy (non-hydrogen) atoms. The van der Waals surface area contributed by atoms with Gasteiger partial charge in [-0.25, -0.2) is 0 Å². The minimum Gasteiger partial charge on any atom is -0.303 e. The third kappa shape index (κ3) is 2.06. The molecule has 2 atom stereocenters. The zero-order chi connectivity index (χ0) is 9.14. The lowest BCUT2D eigenvalue weighted by Crippen LogP contribution is -2.20. The van der Waals surface area contributed by atoms with Crippen LogP contribution in [-0.2, 0) is 0 Å². The van der Waals surface area contributed by atoms with Gasteiger partial charge in [0.2, 0.25) is 0 Å². The van der Waals surface area contributed by atoms with E-state index in [9.17, 15) is 0 Å². The first kappa shape index (κ1) is 9.70. The van der Waals surface area contributed by atoms with Gasteiger partial charge in [0.15, 0.2) is 0 Å². The van der Waals surface area contributed by atoms with E-state index in [4.69, 9.17) is 0 Å². The number of benzene rings is 1. The molecule has 0 aliphatic heterocycles. The average molecular weight is 181 g/mol. The third-order valence-corrected chi connectivity index (χ3v) is 2.75. The van der Waals surface area contributed by atoms with Crippen LogP contribution in [0.5, 0.6) is 0 Å². The number of hydrogen-bond acceptors (Lipinski definition) is 1. The maximum atomic E-state index is 2.77. The Morgan fingerprint density at radius 1 is 1.25 bits per heavy atom. The van der Waals surface area contributed by atoms with Gasteiger partial charge in [-0.2, -0.15) is 0 Å². The van der Waals surface area contributed by atoms with Crippen molar-refractivity contribution in [1.29, 1.82) is 0 Å². The molecule has 0 saturated heterocycles. The molecule has 0 N–H and O–H groups in total. The molecule has 0 aliphatic carbocycles. The molecule has 66 valence electrons. The molecule has 1 rings (SSSR count). The second kappa shape index (κ2) is 4.02. The summed E-state index contributed by atoms with van der Waals surface area (Å²) in [6, 6.07) is 8.93. The lowest BCUT2D eigenvalue weighted by Gasteiger charge is -2.21. The van der Waals surface area contributed by atoms with E-state index in [1.807, 2.05) is 0 Å². The molecule has 1 unspecified atom stereocenters. The molecule has 0 aliphatic rings. The van der Waals surface area contributed by atoms with Crippen molar-refractivity contribution in [3.05, 3.63) is 29.8 Å². The molecule has 0 spiro atoms. The Labute approximate surface area is 77.0 Å². The zero-order valence-electron chi connectivity index (χ0n) is 7.91. The SMILES string of the molecule is C[C@@H](c1ccccc1P)N(C)C. The van der Waals surface area contributed by atoms with E-state index in [1.165, 1.54) is 10.9 Å². The monoisotopic (exact) mass is 181 g/mol. The lowest BCUT2D eigenvalue weighted by atomic mass is 10.1. The lowest BCUT2D eigenvalue weighted by molar-refractivity contribution is 0.322. The Hall–Kier alpha value is -0.390. The highest BCUT2D eigenvalue weighted by Crippen LogP contribution is 2.16. The highest BCUT2D eigenvalue weighted by atomic mass is 31.0. The number of hydrogen-bond donors (Lipinski definition) is 0. The first-order valence-corrected chi connectivity index (χ1v) is 4.71. The van der Waals surface area contributed by atoms with Crippen LogP contribution in [0.4, 0.5) is 0 Å². The van der Waals surface area contributed by atoms with Crippen molar-refractivity contribution in [2.75, 3.05) is 14.1 Å². The van der Waals surface area contributed by atoms with E-state index in [-0.39, 0.29) is 0 Å². The minimum absolute atomic E-state index is 0.485. The first-order valence-electron chi connectivity index (χ1n) is 4.13. The topological polar surface area (TPSA) is 3.24 Å². The van der Waals surface area contributed by atoms with Crippen molar-refractivity contribution in [2.45, 2.75) is 13.0 Å². The zero-order valence-corrected chi connectivity index (χ0v) is 9.07. The highest BCUT2D eigenvalue weighted by Gasteiger charge is 2.08. The average Bonchev–Trinajstić information content (AvgIpc) is 2.04. The number of nitrogens with zero attached hydrogens (tertiary/aromatic N) is 1. The van der Waals surface area contributed by atoms with Crippen LogP contribution in [0.25, 0.3) is 0 Å². The van der Waals surface area contributed by atoms with Crippen molar-refractivity contribution in [3.63, 3.8) is 0 Å². The van der Waals surface area contributed by atoms with Crippen molar-refractivity contribution >= 4 is 14.5 Å². The van der Waals surface area contributed by atoms with E-state index in [1.54, 1.807) is 0 Å². The van der Waals surface area contributed by atoms with E-state index in [0.29, 0.717) is 6.04 Å². The summed E-state index contributed by atoms with van der Waals surface area (Å²) in [6.45, 7) is 2.21. The summed E-state index contributed by atoms with van der Waals surface area (Å²) >= 11 is 0. The van der Waals surface area contributed by atoms with Crippen LogP contribution in [-0.4, -0.2) is 19.0 Å². The molecular weight excluding hydrogens is 165 g/mol. The molecule has 0 heterocycles. The van der Waals surface area contributed by atoms with Crippen molar-refractivity contribution in [1.82, 2.24) is 4.90 Å². The van der Waals surface area contributed by atoms with Gasteiger partial charge in [0.25, 0.3) is 0 Å². The largest absolute Gasteiger partial charge is 0.303 e. The predicted octanol–water partition coefficient (Wildman–Crippen LogP) is 1.81. The van der Waals surface area contributed by atoms with Gasteiger partial charge in [0.1, 0.15) is 0 Å². The van der Waals surface area contributed by atoms with Gasteiger partial charge in [-0.05, 0) is 31.9 Å².